The molecule has 0 aromatic heterocycles. The number of benzene rings is 1. The van der Waals surface area contributed by atoms with Crippen molar-refractivity contribution in [1.29, 1.82) is 0 Å². The maximum absolute atomic E-state index is 5.02. The second kappa shape index (κ2) is 10.1. The van der Waals surface area contributed by atoms with E-state index in [-0.39, 0.29) is 0 Å². The summed E-state index contributed by atoms with van der Waals surface area (Å²) in [5.41, 5.74) is 9.73. The molecule has 4 rings (SSSR count). The third-order valence-electron chi connectivity index (χ3n) is 7.42. The minimum Gasteiger partial charge on any atom is -0.371 e. The van der Waals surface area contributed by atoms with E-state index in [1.165, 1.54) is 48.9 Å². The number of allylic oxidation sites excluding steroid dienone is 7. The lowest BCUT2D eigenvalue weighted by Crippen LogP contribution is -2.50. The molecule has 1 atom stereocenters. The highest BCUT2D eigenvalue weighted by Gasteiger charge is 2.37. The van der Waals surface area contributed by atoms with Crippen molar-refractivity contribution >= 4 is 17.1 Å². The number of nitrogens with zero attached hydrogens (tertiary/aromatic N) is 2. The highest BCUT2D eigenvalue weighted by Crippen LogP contribution is 2.39. The molecule has 1 aromatic carbocycles. The van der Waals surface area contributed by atoms with Crippen molar-refractivity contribution in [2.75, 3.05) is 26.2 Å². The summed E-state index contributed by atoms with van der Waals surface area (Å²) in [5.74, 6) is 0. The van der Waals surface area contributed by atoms with Gasteiger partial charge in [0.15, 0.2) is 0 Å². The van der Waals surface area contributed by atoms with Gasteiger partial charge in [-0.1, -0.05) is 49.1 Å². The number of fused-ring (bicyclic) bond motifs is 1. The quantitative estimate of drug-likeness (QED) is 0.493. The summed E-state index contributed by atoms with van der Waals surface area (Å²) in [6, 6.07) is 6.73. The average Bonchev–Trinajstić information content (AvgIpc) is 3.25. The van der Waals surface area contributed by atoms with Crippen LogP contribution in [-0.2, 0) is 6.42 Å². The number of hydrogen-bond donors (Lipinski definition) is 1. The Morgan fingerprint density at radius 2 is 2.00 bits per heavy atom. The van der Waals surface area contributed by atoms with E-state index in [4.69, 9.17) is 4.99 Å². The first-order valence-corrected chi connectivity index (χ1v) is 12.4. The molecule has 0 saturated carbocycles. The Kier molecular flexibility index (Phi) is 7.19. The molecule has 1 aromatic rings. The van der Waals surface area contributed by atoms with Crippen molar-refractivity contribution in [1.82, 2.24) is 10.2 Å². The Morgan fingerprint density at radius 3 is 2.73 bits per heavy atom. The largest absolute Gasteiger partial charge is 0.371 e. The molecular formula is C30H39N3. The normalized spacial score (nSPS) is 23.7. The molecule has 2 saturated heterocycles. The number of nitrogens with one attached hydrogen (secondary N) is 1. The minimum absolute atomic E-state index is 0.421. The van der Waals surface area contributed by atoms with Gasteiger partial charge in [-0.2, -0.15) is 0 Å². The zero-order valence-electron chi connectivity index (χ0n) is 20.7. The molecule has 3 heterocycles. The molecule has 174 valence electrons. The number of rotatable bonds is 6. The van der Waals surface area contributed by atoms with Crippen molar-refractivity contribution in [2.24, 2.45) is 10.4 Å². The topological polar surface area (TPSA) is 27.6 Å². The molecular weight excluding hydrogens is 402 g/mol. The molecule has 3 aliphatic rings. The summed E-state index contributed by atoms with van der Waals surface area (Å²) in [5, 5.41) is 3.63. The summed E-state index contributed by atoms with van der Waals surface area (Å²) in [6.45, 7) is 19.4. The SMILES string of the molecule is C=C(C)C(=C\C=C/C)/C=C(\C)C1=Nc2cc(C(=C)N3CCCC4(CCCNC4)C3)ccc2C1. The summed E-state index contributed by atoms with van der Waals surface area (Å²) in [6.07, 6.45) is 14.5. The molecule has 0 radical (unpaired) electrons. The second-order valence-electron chi connectivity index (χ2n) is 10.1. The highest BCUT2D eigenvalue weighted by molar-refractivity contribution is 6.06. The molecule has 3 heteroatoms. The van der Waals surface area contributed by atoms with E-state index in [1.807, 2.05) is 13.0 Å². The molecule has 1 unspecified atom stereocenters. The number of aliphatic imine (C=N–C) groups is 1. The van der Waals surface area contributed by atoms with Gasteiger partial charge in [0, 0.05) is 42.9 Å². The van der Waals surface area contributed by atoms with Gasteiger partial charge in [-0.3, -0.25) is 4.99 Å². The van der Waals surface area contributed by atoms with Crippen LogP contribution in [0, 0.1) is 5.41 Å². The molecule has 1 N–H and O–H groups in total. The molecule has 3 aliphatic heterocycles. The maximum atomic E-state index is 5.02. The third kappa shape index (κ3) is 5.30. The Balaban J connectivity index is 1.51. The van der Waals surface area contributed by atoms with Crippen molar-refractivity contribution in [3.63, 3.8) is 0 Å². The molecule has 33 heavy (non-hydrogen) atoms. The van der Waals surface area contributed by atoms with Crippen LogP contribution in [0.2, 0.25) is 0 Å². The number of hydrogen-bond acceptors (Lipinski definition) is 3. The highest BCUT2D eigenvalue weighted by atomic mass is 15.2. The summed E-state index contributed by atoms with van der Waals surface area (Å²) in [4.78, 5) is 7.54. The van der Waals surface area contributed by atoms with Gasteiger partial charge < -0.3 is 10.2 Å². The predicted molar refractivity (Wildman–Crippen MR) is 143 cm³/mol. The lowest BCUT2D eigenvalue weighted by molar-refractivity contribution is 0.0989. The second-order valence-corrected chi connectivity index (χ2v) is 10.1. The average molecular weight is 442 g/mol. The van der Waals surface area contributed by atoms with E-state index >= 15 is 0 Å². The molecule has 0 aliphatic carbocycles. The van der Waals surface area contributed by atoms with Crippen LogP contribution < -0.4 is 5.32 Å². The van der Waals surface area contributed by atoms with Gasteiger partial charge in [-0.15, -0.1) is 0 Å². The standard InChI is InChI=1S/C30H39N3/c1-6-7-10-25(22(2)3)17-23(4)28-19-27-12-11-26(18-29(27)32-28)24(5)33-16-9-14-30(21-33)13-8-15-31-20-30/h6-7,10-12,17-18,31H,2,5,8-9,13-16,19-21H2,1,3-4H3/b7-6-,23-17+,25-10-. The van der Waals surface area contributed by atoms with Crippen LogP contribution in [-0.4, -0.2) is 36.8 Å². The maximum Gasteiger partial charge on any atom is 0.0675 e. The number of likely N-dealkylation sites (tertiary alicyclic amines) is 1. The van der Waals surface area contributed by atoms with Crippen LogP contribution in [0.25, 0.3) is 5.70 Å². The van der Waals surface area contributed by atoms with E-state index in [9.17, 15) is 0 Å². The van der Waals surface area contributed by atoms with Crippen LogP contribution in [0.15, 0.2) is 77.4 Å². The van der Waals surface area contributed by atoms with Gasteiger partial charge in [-0.25, -0.2) is 0 Å². The van der Waals surface area contributed by atoms with E-state index in [0.717, 1.165) is 54.3 Å². The summed E-state index contributed by atoms with van der Waals surface area (Å²) < 4.78 is 0. The third-order valence-corrected chi connectivity index (χ3v) is 7.42. The van der Waals surface area contributed by atoms with Gasteiger partial charge in [-0.05, 0) is 87.4 Å². The minimum atomic E-state index is 0.421. The Morgan fingerprint density at radius 1 is 1.18 bits per heavy atom. The molecule has 0 amide bonds. The zero-order chi connectivity index (χ0) is 23.4. The van der Waals surface area contributed by atoms with E-state index in [1.54, 1.807) is 0 Å². The van der Waals surface area contributed by atoms with Gasteiger partial charge in [0.05, 0.1) is 5.69 Å². The lowest BCUT2D eigenvalue weighted by Gasteiger charge is -2.46. The fourth-order valence-corrected chi connectivity index (χ4v) is 5.42. The Hall–Kier alpha value is -2.65. The molecule has 1 spiro atoms. The molecule has 3 nitrogen and oxygen atoms in total. The smallest absolute Gasteiger partial charge is 0.0675 e. The summed E-state index contributed by atoms with van der Waals surface area (Å²) >= 11 is 0. The van der Waals surface area contributed by atoms with Gasteiger partial charge in [0.1, 0.15) is 0 Å². The lowest BCUT2D eigenvalue weighted by atomic mass is 9.74. The van der Waals surface area contributed by atoms with Crippen LogP contribution in [0.1, 0.15) is 57.6 Å². The first-order valence-electron chi connectivity index (χ1n) is 12.4. The van der Waals surface area contributed by atoms with Crippen LogP contribution >= 0.6 is 0 Å². The van der Waals surface area contributed by atoms with Gasteiger partial charge in [0.25, 0.3) is 0 Å². The zero-order valence-corrected chi connectivity index (χ0v) is 20.7. The van der Waals surface area contributed by atoms with Gasteiger partial charge in [0.2, 0.25) is 0 Å². The molecule has 0 bridgehead atoms. The Bertz CT molecular complexity index is 1040. The first kappa shape index (κ1) is 23.5. The number of piperidine rings is 2. The van der Waals surface area contributed by atoms with Crippen LogP contribution in [0.4, 0.5) is 5.69 Å². The van der Waals surface area contributed by atoms with Crippen LogP contribution in [0.3, 0.4) is 0 Å². The predicted octanol–water partition coefficient (Wildman–Crippen LogP) is 6.78. The van der Waals surface area contributed by atoms with Crippen LogP contribution in [0.5, 0.6) is 0 Å². The van der Waals surface area contributed by atoms with Gasteiger partial charge >= 0.3 is 0 Å². The van der Waals surface area contributed by atoms with Crippen molar-refractivity contribution in [2.45, 2.75) is 52.9 Å². The fraction of sp³-hybridized carbons (Fsp3) is 0.433. The van der Waals surface area contributed by atoms with E-state index in [0.29, 0.717) is 5.41 Å². The Labute approximate surface area is 200 Å². The van der Waals surface area contributed by atoms with E-state index < -0.39 is 0 Å². The molecule has 2 fully saturated rings. The fourth-order valence-electron chi connectivity index (χ4n) is 5.42. The van der Waals surface area contributed by atoms with Crippen molar-refractivity contribution in [3.05, 3.63) is 83.5 Å². The monoisotopic (exact) mass is 441 g/mol. The first-order chi connectivity index (χ1) is 15.9. The summed E-state index contributed by atoms with van der Waals surface area (Å²) in [7, 11) is 0. The van der Waals surface area contributed by atoms with Crippen molar-refractivity contribution < 1.29 is 0 Å². The van der Waals surface area contributed by atoms with E-state index in [2.05, 4.69) is 73.6 Å². The van der Waals surface area contributed by atoms with Crippen molar-refractivity contribution in [3.8, 4) is 0 Å².